The minimum Gasteiger partial charge on any atom is -0.395 e. The maximum atomic E-state index is 13.4. The van der Waals surface area contributed by atoms with E-state index in [2.05, 4.69) is 5.32 Å². The fourth-order valence-electron chi connectivity index (χ4n) is 4.19. The van der Waals surface area contributed by atoms with Crippen LogP contribution in [0.15, 0.2) is 36.4 Å². The predicted octanol–water partition coefficient (Wildman–Crippen LogP) is 0.197. The summed E-state index contributed by atoms with van der Waals surface area (Å²) in [5.74, 6) is -2.08. The molecule has 2 atom stereocenters. The van der Waals surface area contributed by atoms with Crippen LogP contribution in [-0.4, -0.2) is 72.9 Å². The third-order valence-electron chi connectivity index (χ3n) is 6.46. The van der Waals surface area contributed by atoms with Crippen molar-refractivity contribution in [3.63, 3.8) is 0 Å². The summed E-state index contributed by atoms with van der Waals surface area (Å²) in [6, 6.07) is 5.56. The maximum Gasteiger partial charge on any atom is 0.246 e. The molecule has 33 heavy (non-hydrogen) atoms. The number of aliphatic hydroxyl groups is 1. The zero-order valence-corrected chi connectivity index (χ0v) is 19.9. The monoisotopic (exact) mass is 497 g/mol. The quantitative estimate of drug-likeness (QED) is 0.311. The van der Waals surface area contributed by atoms with E-state index in [1.807, 2.05) is 0 Å². The summed E-state index contributed by atoms with van der Waals surface area (Å²) in [6.45, 7) is -0.469. The number of β-amino-alcohol motifs (C(OH)–C–C–N with tert-alkyl or cyclic N) is 1. The van der Waals surface area contributed by atoms with Crippen LogP contribution in [0.25, 0.3) is 0 Å². The van der Waals surface area contributed by atoms with Crippen molar-refractivity contribution >= 4 is 39.2 Å². The Kier molecular flexibility index (Phi) is 7.21. The van der Waals surface area contributed by atoms with E-state index in [0.29, 0.717) is 23.4 Å². The van der Waals surface area contributed by atoms with Crippen molar-refractivity contribution in [2.45, 2.75) is 36.5 Å². The van der Waals surface area contributed by atoms with Crippen LogP contribution in [0.4, 0.5) is 0 Å². The van der Waals surface area contributed by atoms with Crippen molar-refractivity contribution < 1.29 is 27.9 Å². The zero-order chi connectivity index (χ0) is 24.4. The summed E-state index contributed by atoms with van der Waals surface area (Å²) < 4.78 is 23.1. The molecule has 2 aliphatic rings. The number of hydrogen-bond acceptors (Lipinski definition) is 6. The zero-order valence-electron chi connectivity index (χ0n) is 18.3. The lowest BCUT2D eigenvalue weighted by molar-refractivity contribution is -0.152. The number of hydrogen-bond donors (Lipinski definition) is 3. The molecule has 1 aromatic rings. The van der Waals surface area contributed by atoms with E-state index in [1.165, 1.54) is 18.4 Å². The van der Waals surface area contributed by atoms with Gasteiger partial charge in [0.05, 0.1) is 11.4 Å². The van der Waals surface area contributed by atoms with Crippen LogP contribution in [0.5, 0.6) is 0 Å². The normalized spacial score (nSPS) is 23.9. The highest BCUT2D eigenvalue weighted by molar-refractivity contribution is 7.92. The second-order valence-electron chi connectivity index (χ2n) is 8.66. The fourth-order valence-corrected chi connectivity index (χ4v) is 5.63. The molecular weight excluding hydrogens is 470 g/mol. The minimum atomic E-state index is -3.22. The lowest BCUT2D eigenvalue weighted by atomic mass is 9.76. The molecule has 3 amide bonds. The Hall–Kier alpha value is -2.43. The Morgan fingerprint density at radius 3 is 2.42 bits per heavy atom. The van der Waals surface area contributed by atoms with Crippen LogP contribution < -0.4 is 11.1 Å². The van der Waals surface area contributed by atoms with Crippen molar-refractivity contribution in [1.29, 1.82) is 0 Å². The number of carbonyl (C=O) groups excluding carboxylic acids is 3. The number of rotatable bonds is 10. The molecule has 1 heterocycles. The molecule has 0 radical (unpaired) electrons. The summed E-state index contributed by atoms with van der Waals surface area (Å²) >= 11 is 5.91. The molecule has 1 saturated carbocycles. The molecule has 9 nitrogen and oxygen atoms in total. The Balaban J connectivity index is 1.79. The second-order valence-corrected chi connectivity index (χ2v) is 11.5. The van der Waals surface area contributed by atoms with Gasteiger partial charge in [-0.2, -0.15) is 0 Å². The van der Waals surface area contributed by atoms with Gasteiger partial charge in [0, 0.05) is 24.4 Å². The molecule has 0 aromatic heterocycles. The lowest BCUT2D eigenvalue weighted by Crippen LogP contribution is -2.60. The Morgan fingerprint density at radius 1 is 1.27 bits per heavy atom. The van der Waals surface area contributed by atoms with E-state index in [0.717, 1.165) is 4.90 Å². The average molecular weight is 498 g/mol. The third kappa shape index (κ3) is 5.07. The van der Waals surface area contributed by atoms with Gasteiger partial charge in [0.1, 0.15) is 11.5 Å². The van der Waals surface area contributed by atoms with Gasteiger partial charge in [0.2, 0.25) is 17.7 Å². The Labute approximate surface area is 197 Å². The number of primary amides is 1. The number of nitrogens with one attached hydrogen (secondary N) is 1. The highest BCUT2D eigenvalue weighted by atomic mass is 35.5. The largest absolute Gasteiger partial charge is 0.395 e. The molecule has 3 rings (SSSR count). The fraction of sp³-hybridized carbons (Fsp3) is 0.500. The highest BCUT2D eigenvalue weighted by Crippen LogP contribution is 2.45. The molecule has 11 heteroatoms. The van der Waals surface area contributed by atoms with Crippen molar-refractivity contribution in [2.24, 2.45) is 11.1 Å². The van der Waals surface area contributed by atoms with Crippen LogP contribution >= 0.6 is 11.6 Å². The van der Waals surface area contributed by atoms with Gasteiger partial charge < -0.3 is 21.1 Å². The first-order chi connectivity index (χ1) is 15.5. The second kappa shape index (κ2) is 9.44. The SMILES string of the molecule is CS(=O)(=O)C1(CCNC(=O)C2C=CC(Cc3ccc(Cl)cc3)(C(N)=O)C(=O)N2CCO)CC1. The summed E-state index contributed by atoms with van der Waals surface area (Å²) in [4.78, 5) is 39.8. The first kappa shape index (κ1) is 25.2. The van der Waals surface area contributed by atoms with Crippen molar-refractivity contribution in [2.75, 3.05) is 26.0 Å². The van der Waals surface area contributed by atoms with E-state index in [4.69, 9.17) is 17.3 Å². The van der Waals surface area contributed by atoms with E-state index in [9.17, 15) is 27.9 Å². The van der Waals surface area contributed by atoms with Gasteiger partial charge in [-0.05, 0) is 43.4 Å². The first-order valence-electron chi connectivity index (χ1n) is 10.6. The van der Waals surface area contributed by atoms with Crippen LogP contribution in [0.3, 0.4) is 0 Å². The van der Waals surface area contributed by atoms with Crippen molar-refractivity contribution in [1.82, 2.24) is 10.2 Å². The number of amides is 3. The van der Waals surface area contributed by atoms with Gasteiger partial charge in [0.15, 0.2) is 9.84 Å². The van der Waals surface area contributed by atoms with Gasteiger partial charge >= 0.3 is 0 Å². The third-order valence-corrected chi connectivity index (χ3v) is 8.90. The summed E-state index contributed by atoms with van der Waals surface area (Å²) in [7, 11) is -3.22. The standard InChI is InChI=1S/C22H28ClN3O6S/c1-33(31,32)21(8-9-21)10-11-25-18(28)17-6-7-22(19(24)29,20(30)26(17)12-13-27)14-15-2-4-16(23)5-3-15/h2-7,17,27H,8-14H2,1H3,(H2,24,29)(H,25,28). The molecule has 1 aliphatic carbocycles. The predicted molar refractivity (Wildman–Crippen MR) is 123 cm³/mol. The molecule has 180 valence electrons. The number of sulfone groups is 1. The molecule has 0 spiro atoms. The van der Waals surface area contributed by atoms with Crippen LogP contribution in [0.1, 0.15) is 24.8 Å². The highest BCUT2D eigenvalue weighted by Gasteiger charge is 2.52. The number of benzene rings is 1. The molecule has 1 aromatic carbocycles. The number of nitrogens with zero attached hydrogens (tertiary/aromatic N) is 1. The Morgan fingerprint density at radius 2 is 1.91 bits per heavy atom. The molecule has 4 N–H and O–H groups in total. The molecule has 1 fully saturated rings. The lowest BCUT2D eigenvalue weighted by Gasteiger charge is -2.40. The topological polar surface area (TPSA) is 147 Å². The van der Waals surface area contributed by atoms with Gasteiger partial charge in [-0.3, -0.25) is 14.4 Å². The van der Waals surface area contributed by atoms with Crippen LogP contribution in [-0.2, 0) is 30.6 Å². The molecule has 2 unspecified atom stereocenters. The maximum absolute atomic E-state index is 13.4. The molecule has 0 bridgehead atoms. The number of nitrogens with two attached hydrogens (primary N) is 1. The van der Waals surface area contributed by atoms with E-state index >= 15 is 0 Å². The summed E-state index contributed by atoms with van der Waals surface area (Å²) in [6.07, 6.45) is 5.35. The van der Waals surface area contributed by atoms with E-state index in [-0.39, 0.29) is 25.9 Å². The number of halogens is 1. The van der Waals surface area contributed by atoms with Crippen molar-refractivity contribution in [3.05, 3.63) is 47.0 Å². The van der Waals surface area contributed by atoms with Crippen LogP contribution in [0.2, 0.25) is 5.02 Å². The van der Waals surface area contributed by atoms with E-state index in [1.54, 1.807) is 24.3 Å². The van der Waals surface area contributed by atoms with Gasteiger partial charge in [0.25, 0.3) is 0 Å². The van der Waals surface area contributed by atoms with Gasteiger partial charge in [-0.25, -0.2) is 8.42 Å². The average Bonchev–Trinajstić information content (AvgIpc) is 3.54. The summed E-state index contributed by atoms with van der Waals surface area (Å²) in [5, 5.41) is 12.7. The first-order valence-corrected chi connectivity index (χ1v) is 12.9. The van der Waals surface area contributed by atoms with Crippen molar-refractivity contribution in [3.8, 4) is 0 Å². The van der Waals surface area contributed by atoms with Gasteiger partial charge in [-0.15, -0.1) is 0 Å². The number of carbonyl (C=O) groups is 3. The molecule has 0 saturated heterocycles. The van der Waals surface area contributed by atoms with Gasteiger partial charge in [-0.1, -0.05) is 35.9 Å². The number of aliphatic hydroxyl groups excluding tert-OH is 1. The summed E-state index contributed by atoms with van der Waals surface area (Å²) in [5.41, 5.74) is 4.58. The Bertz CT molecular complexity index is 1070. The molecular formula is C22H28ClN3O6S. The molecule has 1 aliphatic heterocycles. The van der Waals surface area contributed by atoms with E-state index < -0.39 is 50.4 Å². The van der Waals surface area contributed by atoms with Crippen LogP contribution in [0, 0.1) is 5.41 Å². The minimum absolute atomic E-state index is 0.0258. The smallest absolute Gasteiger partial charge is 0.246 e.